The van der Waals surface area contributed by atoms with Gasteiger partial charge in [0.25, 0.3) is 6.43 Å². The Morgan fingerprint density at radius 3 is 2.73 bits per heavy atom. The van der Waals surface area contributed by atoms with Crippen LogP contribution in [0.25, 0.3) is 0 Å². The van der Waals surface area contributed by atoms with E-state index in [0.29, 0.717) is 6.42 Å². The van der Waals surface area contributed by atoms with Crippen LogP contribution in [0.3, 0.4) is 0 Å². The molecule has 0 radical (unpaired) electrons. The average Bonchev–Trinajstić information content (AvgIpc) is 2.12. The number of rotatable bonds is 4. The summed E-state index contributed by atoms with van der Waals surface area (Å²) < 4.78 is 24.2. The molecule has 0 aromatic rings. The minimum atomic E-state index is -2.60. The molecule has 15 heavy (non-hydrogen) atoms. The third-order valence-corrected chi connectivity index (χ3v) is 2.22. The lowest BCUT2D eigenvalue weighted by molar-refractivity contribution is -0.146. The van der Waals surface area contributed by atoms with Gasteiger partial charge in [0, 0.05) is 0 Å². The molecule has 86 valence electrons. The van der Waals surface area contributed by atoms with Gasteiger partial charge in [-0.3, -0.25) is 9.59 Å². The van der Waals surface area contributed by atoms with Gasteiger partial charge in [-0.05, 0) is 6.42 Å². The van der Waals surface area contributed by atoms with Crippen molar-refractivity contribution < 1.29 is 18.4 Å². The van der Waals surface area contributed by atoms with Crippen LogP contribution in [0.1, 0.15) is 19.8 Å². The maximum Gasteiger partial charge on any atom is 0.255 e. The summed E-state index contributed by atoms with van der Waals surface area (Å²) in [6, 6.07) is -0.630. The Kier molecular flexibility index (Phi) is 3.99. The molecule has 1 N–H and O–H groups in total. The Labute approximate surface area is 86.6 Å². The second-order valence-corrected chi connectivity index (χ2v) is 3.52. The fraction of sp³-hybridized carbons (Fsp3) is 0.778. The Bertz CT molecular complexity index is 258. The molecule has 0 aromatic heterocycles. The average molecular weight is 220 g/mol. The van der Waals surface area contributed by atoms with Crippen LogP contribution >= 0.6 is 0 Å². The van der Waals surface area contributed by atoms with Crippen LogP contribution < -0.4 is 5.32 Å². The van der Waals surface area contributed by atoms with Crippen LogP contribution in [0.2, 0.25) is 0 Å². The van der Waals surface area contributed by atoms with Gasteiger partial charge in [0.05, 0.1) is 13.1 Å². The van der Waals surface area contributed by atoms with Gasteiger partial charge in [-0.15, -0.1) is 0 Å². The highest BCUT2D eigenvalue weighted by molar-refractivity contribution is 5.94. The van der Waals surface area contributed by atoms with Gasteiger partial charge in [0.15, 0.2) is 0 Å². The zero-order valence-corrected chi connectivity index (χ0v) is 8.50. The molecule has 1 rings (SSSR count). The van der Waals surface area contributed by atoms with E-state index in [4.69, 9.17) is 0 Å². The van der Waals surface area contributed by atoms with Crippen molar-refractivity contribution in [1.29, 1.82) is 0 Å². The van der Waals surface area contributed by atoms with Gasteiger partial charge in [-0.25, -0.2) is 8.78 Å². The first-order valence-corrected chi connectivity index (χ1v) is 4.91. The highest BCUT2D eigenvalue weighted by atomic mass is 19.3. The van der Waals surface area contributed by atoms with E-state index in [1.165, 1.54) is 0 Å². The van der Waals surface area contributed by atoms with E-state index >= 15 is 0 Å². The summed E-state index contributed by atoms with van der Waals surface area (Å²) in [5, 5.41) is 2.50. The molecule has 0 saturated carbocycles. The lowest BCUT2D eigenvalue weighted by atomic mass is 10.1. The van der Waals surface area contributed by atoms with Crippen molar-refractivity contribution in [3.63, 3.8) is 0 Å². The summed E-state index contributed by atoms with van der Waals surface area (Å²) in [4.78, 5) is 23.6. The summed E-state index contributed by atoms with van der Waals surface area (Å²) in [6.07, 6.45) is -1.38. The van der Waals surface area contributed by atoms with Gasteiger partial charge in [0.2, 0.25) is 11.8 Å². The zero-order valence-electron chi connectivity index (χ0n) is 8.50. The molecule has 1 heterocycles. The quantitative estimate of drug-likeness (QED) is 0.744. The predicted molar refractivity (Wildman–Crippen MR) is 49.4 cm³/mol. The molecule has 0 spiro atoms. The van der Waals surface area contributed by atoms with Crippen molar-refractivity contribution in [3.05, 3.63) is 0 Å². The third-order valence-electron chi connectivity index (χ3n) is 2.22. The second-order valence-electron chi connectivity index (χ2n) is 3.52. The molecule has 1 atom stereocenters. The molecule has 0 aliphatic carbocycles. The number of carbonyl (C=O) groups excluding carboxylic acids is 2. The Balaban J connectivity index is 2.63. The summed E-state index contributed by atoms with van der Waals surface area (Å²) in [5.74, 6) is -0.773. The lowest BCUT2D eigenvalue weighted by Gasteiger charge is -2.32. The fourth-order valence-electron chi connectivity index (χ4n) is 1.58. The van der Waals surface area contributed by atoms with Crippen LogP contribution in [0.4, 0.5) is 8.78 Å². The van der Waals surface area contributed by atoms with Crippen LogP contribution in [0.5, 0.6) is 0 Å². The van der Waals surface area contributed by atoms with E-state index in [-0.39, 0.29) is 12.5 Å². The van der Waals surface area contributed by atoms with Gasteiger partial charge in [-0.2, -0.15) is 0 Å². The van der Waals surface area contributed by atoms with E-state index in [1.807, 2.05) is 6.92 Å². The molecule has 0 bridgehead atoms. The van der Waals surface area contributed by atoms with Crippen LogP contribution in [0.15, 0.2) is 0 Å². The molecule has 1 aliphatic rings. The minimum absolute atomic E-state index is 0.261. The maximum absolute atomic E-state index is 12.1. The number of alkyl halides is 2. The summed E-state index contributed by atoms with van der Waals surface area (Å²) in [7, 11) is 0. The van der Waals surface area contributed by atoms with E-state index in [9.17, 15) is 18.4 Å². The van der Waals surface area contributed by atoms with E-state index in [1.54, 1.807) is 0 Å². The highest BCUT2D eigenvalue weighted by Crippen LogP contribution is 2.09. The van der Waals surface area contributed by atoms with Gasteiger partial charge in [-0.1, -0.05) is 13.3 Å². The van der Waals surface area contributed by atoms with Crippen molar-refractivity contribution in [2.75, 3.05) is 13.1 Å². The van der Waals surface area contributed by atoms with E-state index in [2.05, 4.69) is 5.32 Å². The Morgan fingerprint density at radius 2 is 2.20 bits per heavy atom. The first-order valence-electron chi connectivity index (χ1n) is 4.91. The molecule has 2 amide bonds. The minimum Gasteiger partial charge on any atom is -0.343 e. The molecule has 1 fully saturated rings. The number of nitrogens with zero attached hydrogens (tertiary/aromatic N) is 1. The molecular formula is C9H14F2N2O2. The van der Waals surface area contributed by atoms with E-state index in [0.717, 1.165) is 11.3 Å². The number of amides is 2. The summed E-state index contributed by atoms with van der Waals surface area (Å²) in [5.41, 5.74) is 0. The first-order chi connectivity index (χ1) is 7.04. The molecule has 1 aliphatic heterocycles. The highest BCUT2D eigenvalue weighted by Gasteiger charge is 2.32. The smallest absolute Gasteiger partial charge is 0.255 e. The molecular weight excluding hydrogens is 206 g/mol. The Hall–Kier alpha value is -1.20. The summed E-state index contributed by atoms with van der Waals surface area (Å²) >= 11 is 0. The number of halogens is 2. The van der Waals surface area contributed by atoms with Gasteiger partial charge < -0.3 is 10.2 Å². The van der Waals surface area contributed by atoms with Crippen molar-refractivity contribution in [1.82, 2.24) is 10.2 Å². The molecule has 1 saturated heterocycles. The van der Waals surface area contributed by atoms with Crippen LogP contribution in [-0.2, 0) is 9.59 Å². The van der Waals surface area contributed by atoms with Crippen LogP contribution in [-0.4, -0.2) is 42.3 Å². The van der Waals surface area contributed by atoms with Crippen molar-refractivity contribution in [3.8, 4) is 0 Å². The topological polar surface area (TPSA) is 49.4 Å². The number of nitrogens with one attached hydrogen (secondary N) is 1. The number of hydrogen-bond donors (Lipinski definition) is 1. The predicted octanol–water partition coefficient (Wildman–Crippen LogP) is 0.379. The number of piperazine rings is 1. The van der Waals surface area contributed by atoms with Crippen molar-refractivity contribution in [2.24, 2.45) is 0 Å². The standard InChI is InChI=1S/C9H14F2N2O2/c1-2-3-6-9(15)13(4-7(10)11)5-8(14)12-6/h6-7H,2-5H2,1H3,(H,12,14). The second kappa shape index (κ2) is 5.04. The summed E-state index contributed by atoms with van der Waals surface area (Å²) in [6.45, 7) is 0.946. The zero-order chi connectivity index (χ0) is 11.4. The number of hydrogen-bond acceptors (Lipinski definition) is 2. The van der Waals surface area contributed by atoms with Gasteiger partial charge >= 0.3 is 0 Å². The first kappa shape index (κ1) is 11.9. The molecule has 1 unspecified atom stereocenters. The van der Waals surface area contributed by atoms with Crippen molar-refractivity contribution >= 4 is 11.8 Å². The Morgan fingerprint density at radius 1 is 1.53 bits per heavy atom. The lowest BCUT2D eigenvalue weighted by Crippen LogP contribution is -2.58. The van der Waals surface area contributed by atoms with Gasteiger partial charge in [0.1, 0.15) is 6.04 Å². The normalized spacial score (nSPS) is 22.1. The fourth-order valence-corrected chi connectivity index (χ4v) is 1.58. The molecule has 4 nitrogen and oxygen atoms in total. The largest absolute Gasteiger partial charge is 0.343 e. The third kappa shape index (κ3) is 3.14. The van der Waals surface area contributed by atoms with Crippen molar-refractivity contribution in [2.45, 2.75) is 32.2 Å². The van der Waals surface area contributed by atoms with E-state index < -0.39 is 24.9 Å². The molecule has 6 heteroatoms. The maximum atomic E-state index is 12.1. The van der Waals surface area contributed by atoms with Crippen LogP contribution in [0, 0.1) is 0 Å². The monoisotopic (exact) mass is 220 g/mol. The molecule has 0 aromatic carbocycles. The number of carbonyl (C=O) groups is 2. The SMILES string of the molecule is CCCC1NC(=O)CN(CC(F)F)C1=O.